The minimum atomic E-state index is -1.06. The number of alkyl carbamates (subject to hydrolysis) is 1. The number of alkyl halides is 1. The molecular weight excluding hydrogens is 258 g/mol. The van der Waals surface area contributed by atoms with Gasteiger partial charge in [0.2, 0.25) is 0 Å². The van der Waals surface area contributed by atoms with Crippen LogP contribution in [-0.4, -0.2) is 29.3 Å². The third-order valence-corrected chi connectivity index (χ3v) is 2.87. The number of nitrogens with one attached hydrogen (secondary N) is 1. The molecule has 6 heteroatoms. The second-order valence-electron chi connectivity index (χ2n) is 5.64. The summed E-state index contributed by atoms with van der Waals surface area (Å²) in [4.78, 5) is 23.6. The third-order valence-electron chi connectivity index (χ3n) is 2.76. The van der Waals surface area contributed by atoms with Gasteiger partial charge in [-0.15, -0.1) is 0 Å². The monoisotopic (exact) mass is 277 g/mol. The summed E-state index contributed by atoms with van der Waals surface area (Å²) in [6.07, 6.45) is 1.14. The lowest BCUT2D eigenvalue weighted by Gasteiger charge is -2.29. The average molecular weight is 278 g/mol. The van der Waals surface area contributed by atoms with Gasteiger partial charge in [-0.25, -0.2) is 9.59 Å². The highest BCUT2D eigenvalue weighted by Crippen LogP contribution is 2.40. The largest absolute Gasteiger partial charge is 0.448 e. The third kappa shape index (κ3) is 4.05. The van der Waals surface area contributed by atoms with Crippen molar-refractivity contribution in [3.8, 4) is 0 Å². The van der Waals surface area contributed by atoms with Crippen LogP contribution in [0.1, 0.15) is 40.5 Å². The molecule has 0 spiro atoms. The Morgan fingerprint density at radius 3 is 2.22 bits per heavy atom. The first-order chi connectivity index (χ1) is 8.19. The van der Waals surface area contributed by atoms with E-state index in [0.717, 1.165) is 12.8 Å². The van der Waals surface area contributed by atoms with Gasteiger partial charge in [0.05, 0.1) is 0 Å². The zero-order valence-electron chi connectivity index (χ0n) is 11.2. The summed E-state index contributed by atoms with van der Waals surface area (Å²) in [6.45, 7) is 6.93. The summed E-state index contributed by atoms with van der Waals surface area (Å²) >= 11 is 5.38. The van der Waals surface area contributed by atoms with E-state index >= 15 is 0 Å². The van der Waals surface area contributed by atoms with Gasteiger partial charge < -0.3 is 14.8 Å². The lowest BCUT2D eigenvalue weighted by atomic mass is 9.96. The number of rotatable bonds is 4. The van der Waals surface area contributed by atoms with E-state index in [9.17, 15) is 9.59 Å². The summed E-state index contributed by atoms with van der Waals surface area (Å²) in [5.74, 6) is -0.438. The second kappa shape index (κ2) is 5.34. The van der Waals surface area contributed by atoms with E-state index in [1.807, 2.05) is 0 Å². The van der Waals surface area contributed by atoms with Gasteiger partial charge in [0, 0.05) is 0 Å². The summed E-state index contributed by atoms with van der Waals surface area (Å²) in [5.41, 5.74) is -1.66. The first kappa shape index (κ1) is 15.1. The van der Waals surface area contributed by atoms with Crippen molar-refractivity contribution in [2.45, 2.75) is 51.7 Å². The Labute approximate surface area is 112 Å². The lowest BCUT2D eigenvalue weighted by Crippen LogP contribution is -2.55. The second-order valence-corrected chi connectivity index (χ2v) is 5.86. The van der Waals surface area contributed by atoms with Gasteiger partial charge >= 0.3 is 12.1 Å². The van der Waals surface area contributed by atoms with Crippen molar-refractivity contribution in [1.29, 1.82) is 0 Å². The fourth-order valence-electron chi connectivity index (χ4n) is 1.70. The Morgan fingerprint density at radius 2 is 1.83 bits per heavy atom. The van der Waals surface area contributed by atoms with Crippen molar-refractivity contribution < 1.29 is 19.1 Å². The molecule has 1 aliphatic rings. The average Bonchev–Trinajstić information content (AvgIpc) is 2.97. The molecule has 1 N–H and O–H groups in total. The summed E-state index contributed by atoms with van der Waals surface area (Å²) in [6, 6.07) is -0.225. The molecule has 0 bridgehead atoms. The van der Waals surface area contributed by atoms with Crippen LogP contribution in [0.5, 0.6) is 0 Å². The number of amides is 1. The Balaban J connectivity index is 2.68. The van der Waals surface area contributed by atoms with E-state index in [4.69, 9.17) is 21.1 Å². The van der Waals surface area contributed by atoms with Crippen LogP contribution in [0.25, 0.3) is 0 Å². The molecule has 5 nitrogen and oxygen atoms in total. The van der Waals surface area contributed by atoms with E-state index in [1.165, 1.54) is 0 Å². The van der Waals surface area contributed by atoms with Gasteiger partial charge in [-0.1, -0.05) is 11.6 Å². The normalized spacial score (nSPS) is 18.7. The van der Waals surface area contributed by atoms with Gasteiger partial charge in [0.25, 0.3) is 0 Å². The fraction of sp³-hybridized carbons (Fsp3) is 0.833. The number of carbonyl (C=O) groups excluding carboxylic acids is 2. The van der Waals surface area contributed by atoms with Crippen molar-refractivity contribution in [3.63, 3.8) is 0 Å². The number of hydrogen-bond donors (Lipinski definition) is 1. The molecule has 0 heterocycles. The minimum Gasteiger partial charge on any atom is -0.448 e. The van der Waals surface area contributed by atoms with E-state index < -0.39 is 23.2 Å². The molecule has 18 heavy (non-hydrogen) atoms. The van der Waals surface area contributed by atoms with Gasteiger partial charge in [-0.2, -0.15) is 0 Å². The predicted molar refractivity (Wildman–Crippen MR) is 67.3 cm³/mol. The molecule has 1 saturated carbocycles. The Kier molecular flexibility index (Phi) is 4.48. The van der Waals surface area contributed by atoms with Crippen LogP contribution < -0.4 is 5.32 Å². The molecule has 1 aliphatic carbocycles. The molecule has 1 fully saturated rings. The standard InChI is InChI=1S/C12H20ClNO4/c1-11(2,3)18-10(16)14-12(4,8-5-6-8)9(15)17-7-13/h8H,5-7H2,1-4H3,(H,14,16). The van der Waals surface area contributed by atoms with Gasteiger partial charge in [0.1, 0.15) is 11.1 Å². The topological polar surface area (TPSA) is 64.6 Å². The van der Waals surface area contributed by atoms with E-state index in [1.54, 1.807) is 27.7 Å². The molecule has 1 rings (SSSR count). The van der Waals surface area contributed by atoms with Crippen molar-refractivity contribution in [2.24, 2.45) is 5.92 Å². The van der Waals surface area contributed by atoms with Crippen LogP contribution in [0.15, 0.2) is 0 Å². The maximum Gasteiger partial charge on any atom is 0.408 e. The van der Waals surface area contributed by atoms with Crippen molar-refractivity contribution in [2.75, 3.05) is 6.07 Å². The van der Waals surface area contributed by atoms with Crippen LogP contribution in [0.4, 0.5) is 4.79 Å². The van der Waals surface area contributed by atoms with Crippen LogP contribution in [-0.2, 0) is 14.3 Å². The summed E-state index contributed by atoms with van der Waals surface area (Å²) in [5, 5.41) is 2.60. The molecule has 0 radical (unpaired) electrons. The number of halogens is 1. The maximum atomic E-state index is 11.9. The molecule has 0 aromatic rings. The highest BCUT2D eigenvalue weighted by molar-refractivity contribution is 6.17. The van der Waals surface area contributed by atoms with E-state index in [2.05, 4.69) is 5.32 Å². The number of esters is 1. The molecule has 0 saturated heterocycles. The smallest absolute Gasteiger partial charge is 0.408 e. The predicted octanol–water partition coefficient (Wildman–Crippen LogP) is 2.42. The highest BCUT2D eigenvalue weighted by atomic mass is 35.5. The summed E-state index contributed by atoms with van der Waals surface area (Å²) < 4.78 is 9.94. The summed E-state index contributed by atoms with van der Waals surface area (Å²) in [7, 11) is 0. The first-order valence-corrected chi connectivity index (χ1v) is 6.47. The van der Waals surface area contributed by atoms with Crippen molar-refractivity contribution >= 4 is 23.7 Å². The zero-order chi connectivity index (χ0) is 14.0. The molecule has 0 aliphatic heterocycles. The number of carbonyl (C=O) groups is 2. The number of ether oxygens (including phenoxy) is 2. The Hall–Kier alpha value is -0.970. The fourth-order valence-corrected chi connectivity index (χ4v) is 1.79. The SMILES string of the molecule is CC(C)(C)OC(=O)NC(C)(C(=O)OCCl)C1CC1. The van der Waals surface area contributed by atoms with Crippen molar-refractivity contribution in [1.82, 2.24) is 5.32 Å². The molecule has 1 unspecified atom stereocenters. The first-order valence-electron chi connectivity index (χ1n) is 5.93. The van der Waals surface area contributed by atoms with Crippen molar-refractivity contribution in [3.05, 3.63) is 0 Å². The lowest BCUT2D eigenvalue weighted by molar-refractivity contribution is -0.149. The Bertz CT molecular complexity index is 335. The number of hydrogen-bond acceptors (Lipinski definition) is 4. The van der Waals surface area contributed by atoms with Crippen LogP contribution >= 0.6 is 11.6 Å². The maximum absolute atomic E-state index is 11.9. The van der Waals surface area contributed by atoms with Gasteiger partial charge in [-0.05, 0) is 46.5 Å². The van der Waals surface area contributed by atoms with Crippen LogP contribution in [0, 0.1) is 5.92 Å². The van der Waals surface area contributed by atoms with E-state index in [-0.39, 0.29) is 12.0 Å². The van der Waals surface area contributed by atoms with Gasteiger partial charge in [-0.3, -0.25) is 0 Å². The molecule has 1 atom stereocenters. The molecule has 0 aromatic carbocycles. The quantitative estimate of drug-likeness (QED) is 0.633. The molecule has 104 valence electrons. The van der Waals surface area contributed by atoms with Crippen LogP contribution in [0.3, 0.4) is 0 Å². The molecule has 0 aromatic heterocycles. The van der Waals surface area contributed by atoms with Crippen LogP contribution in [0.2, 0.25) is 0 Å². The van der Waals surface area contributed by atoms with Gasteiger partial charge in [0.15, 0.2) is 6.07 Å². The zero-order valence-corrected chi connectivity index (χ0v) is 12.0. The van der Waals surface area contributed by atoms with E-state index in [0.29, 0.717) is 0 Å². The molecular formula is C12H20ClNO4. The highest BCUT2D eigenvalue weighted by Gasteiger charge is 2.50. The minimum absolute atomic E-state index is 0.0840. The molecule has 1 amide bonds. The Morgan fingerprint density at radius 1 is 1.28 bits per heavy atom.